The van der Waals surface area contributed by atoms with Gasteiger partial charge in [0, 0.05) is 18.4 Å². The smallest absolute Gasteiger partial charge is 0.168 e. The lowest BCUT2D eigenvalue weighted by atomic mass is 9.57. The van der Waals surface area contributed by atoms with Crippen LogP contribution in [0.25, 0.3) is 0 Å². The Morgan fingerprint density at radius 2 is 2.45 bits per heavy atom. The van der Waals surface area contributed by atoms with Gasteiger partial charge in [0.05, 0.1) is 0 Å². The first-order chi connectivity index (χ1) is 5.20. The maximum atomic E-state index is 11.4. The summed E-state index contributed by atoms with van der Waals surface area (Å²) in [7, 11) is 0. The van der Waals surface area contributed by atoms with Gasteiger partial charge in [0.25, 0.3) is 0 Å². The summed E-state index contributed by atoms with van der Waals surface area (Å²) in [5, 5.41) is 0. The molecule has 0 amide bonds. The first kappa shape index (κ1) is 7.29. The number of hydrogen-bond acceptors (Lipinski definition) is 2. The van der Waals surface area contributed by atoms with E-state index >= 15 is 0 Å². The summed E-state index contributed by atoms with van der Waals surface area (Å²) in [4.78, 5) is 11.4. The highest BCUT2D eigenvalue weighted by molar-refractivity contribution is 5.96. The minimum absolute atomic E-state index is 0.332. The molecule has 3 rings (SSSR count). The van der Waals surface area contributed by atoms with Crippen LogP contribution in [-0.4, -0.2) is 18.0 Å². The molecule has 3 unspecified atom stereocenters. The van der Waals surface area contributed by atoms with Crippen molar-refractivity contribution >= 4 is 5.78 Å². The van der Waals surface area contributed by atoms with Crippen molar-refractivity contribution in [1.29, 1.82) is 0 Å². The van der Waals surface area contributed by atoms with E-state index in [2.05, 4.69) is 6.92 Å². The van der Waals surface area contributed by atoms with Crippen molar-refractivity contribution in [3.63, 3.8) is 0 Å². The number of fused-ring (bicyclic) bond motifs is 2. The van der Waals surface area contributed by atoms with Gasteiger partial charge in [0.2, 0.25) is 0 Å². The molecule has 2 aliphatic heterocycles. The van der Waals surface area contributed by atoms with Gasteiger partial charge in [-0.3, -0.25) is 4.79 Å². The predicted octanol–water partition coefficient (Wildman–Crippen LogP) is 1.39. The minimum atomic E-state index is -0.391. The number of carbonyl (C=O) groups is 1. The molecule has 1 saturated carbocycles. The highest BCUT2D eigenvalue weighted by atomic mass is 16.5. The Morgan fingerprint density at radius 3 is 2.82 bits per heavy atom. The van der Waals surface area contributed by atoms with Crippen molar-refractivity contribution in [3.8, 4) is 0 Å². The summed E-state index contributed by atoms with van der Waals surface area (Å²) in [5.41, 5.74) is -0.391. The molecule has 2 heterocycles. The third kappa shape index (κ3) is 0.684. The highest BCUT2D eigenvalue weighted by Gasteiger charge is 2.61. The van der Waals surface area contributed by atoms with Crippen LogP contribution in [-0.2, 0) is 9.53 Å². The number of carbonyl (C=O) groups excluding carboxylic acids is 1. The van der Waals surface area contributed by atoms with Gasteiger partial charge in [-0.15, -0.1) is 0 Å². The average Bonchev–Trinajstić information content (AvgIpc) is 2.02. The normalized spacial score (nSPS) is 48.7. The summed E-state index contributed by atoms with van der Waals surface area (Å²) in [5.74, 6) is 1.18. The summed E-state index contributed by atoms with van der Waals surface area (Å²) >= 11 is 0. The Morgan fingerprint density at radius 1 is 1.73 bits per heavy atom. The van der Waals surface area contributed by atoms with Crippen LogP contribution in [0.4, 0.5) is 0 Å². The van der Waals surface area contributed by atoms with E-state index < -0.39 is 5.60 Å². The molecule has 1 aliphatic carbocycles. The van der Waals surface area contributed by atoms with Gasteiger partial charge >= 0.3 is 0 Å². The van der Waals surface area contributed by atoms with E-state index in [0.717, 1.165) is 19.4 Å². The Balaban J connectivity index is 2.23. The standard InChI is InChI=1S/C9H14O2/c1-3-7-6-4-5-11-9(7,2)8(6)10/h6-7H,3-5H2,1-2H3. The predicted molar refractivity (Wildman–Crippen MR) is 41.3 cm³/mol. The zero-order chi connectivity index (χ0) is 8.06. The van der Waals surface area contributed by atoms with Gasteiger partial charge in [-0.25, -0.2) is 0 Å². The SMILES string of the molecule is CCC1C2CCOC1(C)C2=O. The van der Waals surface area contributed by atoms with Gasteiger partial charge in [0.15, 0.2) is 5.78 Å². The largest absolute Gasteiger partial charge is 0.367 e. The fraction of sp³-hybridized carbons (Fsp3) is 0.889. The average molecular weight is 154 g/mol. The molecule has 2 bridgehead atoms. The molecule has 0 spiro atoms. The van der Waals surface area contributed by atoms with Crippen LogP contribution in [0.3, 0.4) is 0 Å². The number of rotatable bonds is 1. The maximum absolute atomic E-state index is 11.4. The minimum Gasteiger partial charge on any atom is -0.367 e. The summed E-state index contributed by atoms with van der Waals surface area (Å²) < 4.78 is 5.50. The molecule has 11 heavy (non-hydrogen) atoms. The summed E-state index contributed by atoms with van der Waals surface area (Å²) in [6.07, 6.45) is 2.03. The quantitative estimate of drug-likeness (QED) is 0.570. The van der Waals surface area contributed by atoms with E-state index in [1.165, 1.54) is 0 Å². The monoisotopic (exact) mass is 154 g/mol. The second-order valence-electron chi connectivity index (χ2n) is 3.73. The van der Waals surface area contributed by atoms with Gasteiger partial charge in [-0.05, 0) is 19.8 Å². The molecule has 3 atom stereocenters. The second kappa shape index (κ2) is 2.07. The van der Waals surface area contributed by atoms with Crippen LogP contribution in [0.5, 0.6) is 0 Å². The molecule has 3 aliphatic rings. The van der Waals surface area contributed by atoms with Crippen LogP contribution in [0.2, 0.25) is 0 Å². The molecule has 2 heteroatoms. The van der Waals surface area contributed by atoms with Crippen molar-refractivity contribution < 1.29 is 9.53 Å². The van der Waals surface area contributed by atoms with Crippen molar-refractivity contribution in [2.24, 2.45) is 11.8 Å². The van der Waals surface area contributed by atoms with E-state index in [1.54, 1.807) is 0 Å². The molecule has 2 nitrogen and oxygen atoms in total. The molecule has 0 radical (unpaired) electrons. The lowest BCUT2D eigenvalue weighted by Gasteiger charge is -2.54. The first-order valence-corrected chi connectivity index (χ1v) is 4.38. The number of hydrogen-bond donors (Lipinski definition) is 0. The Labute approximate surface area is 66.9 Å². The van der Waals surface area contributed by atoms with E-state index in [-0.39, 0.29) is 0 Å². The van der Waals surface area contributed by atoms with Gasteiger partial charge < -0.3 is 4.74 Å². The van der Waals surface area contributed by atoms with Gasteiger partial charge in [-0.1, -0.05) is 6.92 Å². The van der Waals surface area contributed by atoms with Crippen LogP contribution >= 0.6 is 0 Å². The van der Waals surface area contributed by atoms with Crippen molar-refractivity contribution in [2.75, 3.05) is 6.61 Å². The van der Waals surface area contributed by atoms with Crippen molar-refractivity contribution in [2.45, 2.75) is 32.3 Å². The molecular weight excluding hydrogens is 140 g/mol. The molecule has 3 fully saturated rings. The van der Waals surface area contributed by atoms with Crippen LogP contribution in [0, 0.1) is 11.8 Å². The van der Waals surface area contributed by atoms with E-state index in [9.17, 15) is 4.79 Å². The van der Waals surface area contributed by atoms with Gasteiger partial charge in [0.1, 0.15) is 5.60 Å². The zero-order valence-corrected chi connectivity index (χ0v) is 7.09. The Kier molecular flexibility index (Phi) is 1.37. The zero-order valence-electron chi connectivity index (χ0n) is 7.09. The van der Waals surface area contributed by atoms with Crippen molar-refractivity contribution in [3.05, 3.63) is 0 Å². The van der Waals surface area contributed by atoms with Crippen LogP contribution in [0.1, 0.15) is 26.7 Å². The first-order valence-electron chi connectivity index (χ1n) is 4.38. The van der Waals surface area contributed by atoms with E-state index in [0.29, 0.717) is 17.6 Å². The number of ether oxygens (including phenoxy) is 1. The highest BCUT2D eigenvalue weighted by Crippen LogP contribution is 2.50. The third-order valence-corrected chi connectivity index (χ3v) is 3.29. The lowest BCUT2D eigenvalue weighted by molar-refractivity contribution is -0.208. The molecular formula is C9H14O2. The lowest BCUT2D eigenvalue weighted by Crippen LogP contribution is -2.66. The molecule has 2 saturated heterocycles. The van der Waals surface area contributed by atoms with Gasteiger partial charge in [-0.2, -0.15) is 0 Å². The van der Waals surface area contributed by atoms with Crippen LogP contribution in [0.15, 0.2) is 0 Å². The maximum Gasteiger partial charge on any atom is 0.168 e. The van der Waals surface area contributed by atoms with E-state index in [4.69, 9.17) is 4.74 Å². The number of Topliss-reactive ketones (excluding diaryl/α,β-unsaturated/α-hetero) is 1. The van der Waals surface area contributed by atoms with Crippen LogP contribution < -0.4 is 0 Å². The molecule has 0 N–H and O–H groups in total. The van der Waals surface area contributed by atoms with Crippen molar-refractivity contribution in [1.82, 2.24) is 0 Å². The molecule has 62 valence electrons. The summed E-state index contributed by atoms with van der Waals surface area (Å²) in [6, 6.07) is 0. The topological polar surface area (TPSA) is 26.3 Å². The fourth-order valence-electron chi connectivity index (χ4n) is 2.60. The third-order valence-electron chi connectivity index (χ3n) is 3.29. The molecule has 0 aromatic rings. The Bertz CT molecular complexity index is 200. The fourth-order valence-corrected chi connectivity index (χ4v) is 2.60. The second-order valence-corrected chi connectivity index (χ2v) is 3.73. The summed E-state index contributed by atoms with van der Waals surface area (Å²) in [6.45, 7) is 4.86. The Hall–Kier alpha value is -0.370. The molecule has 0 aromatic heterocycles. The molecule has 0 aromatic carbocycles. The van der Waals surface area contributed by atoms with E-state index in [1.807, 2.05) is 6.92 Å². The number of ketones is 1.